The van der Waals surface area contributed by atoms with Gasteiger partial charge >= 0.3 is 5.97 Å². The molecule has 0 spiro atoms. The summed E-state index contributed by atoms with van der Waals surface area (Å²) in [5.74, 6) is -1.22. The van der Waals surface area contributed by atoms with E-state index in [0.29, 0.717) is 16.9 Å². The zero-order chi connectivity index (χ0) is 21.9. The molecule has 0 radical (unpaired) electrons. The van der Waals surface area contributed by atoms with Gasteiger partial charge < -0.3 is 21.1 Å². The number of esters is 1. The molecule has 0 saturated carbocycles. The number of carbonyl (C=O) groups is 3. The van der Waals surface area contributed by atoms with Crippen LogP contribution in [0.4, 0.5) is 5.69 Å². The first kappa shape index (κ1) is 22.5. The Morgan fingerprint density at radius 2 is 1.80 bits per heavy atom. The van der Waals surface area contributed by atoms with Crippen LogP contribution in [0.1, 0.15) is 43.5 Å². The van der Waals surface area contributed by atoms with Gasteiger partial charge in [-0.15, -0.1) is 0 Å². The first-order valence-electron chi connectivity index (χ1n) is 9.49. The number of nitrogens with zero attached hydrogens (tertiary/aromatic N) is 1. The lowest BCUT2D eigenvalue weighted by atomic mass is 10.1. The molecule has 158 valence electrons. The monoisotopic (exact) mass is 411 g/mol. The minimum Gasteiger partial charge on any atom is -0.466 e. The van der Waals surface area contributed by atoms with Crippen molar-refractivity contribution in [3.8, 4) is 0 Å². The summed E-state index contributed by atoms with van der Waals surface area (Å²) < 4.78 is 4.96. The minimum absolute atomic E-state index is 0.0331. The number of pyridine rings is 1. The summed E-state index contributed by atoms with van der Waals surface area (Å²) in [5.41, 5.74) is 7.02. The van der Waals surface area contributed by atoms with Crippen molar-refractivity contribution in [2.45, 2.75) is 32.2 Å². The summed E-state index contributed by atoms with van der Waals surface area (Å²) in [6.45, 7) is 1.95. The molecule has 0 fully saturated rings. The second-order valence-corrected chi connectivity index (χ2v) is 6.42. The Morgan fingerprint density at radius 1 is 1.10 bits per heavy atom. The van der Waals surface area contributed by atoms with Crippen molar-refractivity contribution >= 4 is 29.3 Å². The molecule has 30 heavy (non-hydrogen) atoms. The number of benzene rings is 1. The number of anilines is 1. The van der Waals surface area contributed by atoms with Crippen molar-refractivity contribution in [1.29, 1.82) is 5.41 Å². The van der Waals surface area contributed by atoms with E-state index in [2.05, 4.69) is 15.6 Å². The minimum atomic E-state index is -0.639. The number of hydrogen-bond acceptors (Lipinski definition) is 6. The number of aromatic nitrogens is 1. The Hall–Kier alpha value is -3.75. The van der Waals surface area contributed by atoms with Crippen LogP contribution in [0.15, 0.2) is 48.7 Å². The van der Waals surface area contributed by atoms with E-state index in [4.69, 9.17) is 15.9 Å². The Balaban J connectivity index is 1.88. The van der Waals surface area contributed by atoms with E-state index in [1.807, 2.05) is 0 Å². The third-order valence-electron chi connectivity index (χ3n) is 4.11. The molecule has 1 aromatic carbocycles. The molecule has 1 unspecified atom stereocenters. The molecule has 0 saturated heterocycles. The standard InChI is InChI=1S/C21H25N5O4/c1-2-30-20(29)13-17(16-5-3-4-12-24-16)26-19(28)11-10-18(27)25-15-8-6-14(7-9-15)21(22)23/h3-9,12,17H,2,10-11,13H2,1H3,(H3,22,23)(H,25,27)(H,26,28). The molecular weight excluding hydrogens is 386 g/mol. The average Bonchev–Trinajstić information content (AvgIpc) is 2.73. The van der Waals surface area contributed by atoms with Gasteiger partial charge in [-0.25, -0.2) is 0 Å². The van der Waals surface area contributed by atoms with Gasteiger partial charge in [-0.1, -0.05) is 6.07 Å². The number of amides is 2. The number of nitrogen functional groups attached to an aromatic ring is 1. The van der Waals surface area contributed by atoms with E-state index in [1.165, 1.54) is 0 Å². The van der Waals surface area contributed by atoms with Crippen molar-refractivity contribution < 1.29 is 19.1 Å². The van der Waals surface area contributed by atoms with E-state index in [0.717, 1.165) is 0 Å². The molecule has 1 atom stereocenters. The molecule has 5 N–H and O–H groups in total. The zero-order valence-corrected chi connectivity index (χ0v) is 16.7. The number of rotatable bonds is 10. The number of amidine groups is 1. The van der Waals surface area contributed by atoms with Gasteiger partial charge in [0.2, 0.25) is 11.8 Å². The van der Waals surface area contributed by atoms with Crippen LogP contribution in [0.3, 0.4) is 0 Å². The second-order valence-electron chi connectivity index (χ2n) is 6.42. The maximum Gasteiger partial charge on any atom is 0.308 e. The molecule has 0 aliphatic rings. The molecule has 9 heteroatoms. The van der Waals surface area contributed by atoms with Crippen LogP contribution in [-0.4, -0.2) is 35.2 Å². The highest BCUT2D eigenvalue weighted by Crippen LogP contribution is 2.16. The highest BCUT2D eigenvalue weighted by Gasteiger charge is 2.20. The van der Waals surface area contributed by atoms with Gasteiger partial charge in [0.15, 0.2) is 0 Å². The van der Waals surface area contributed by atoms with Gasteiger partial charge in [0.05, 0.1) is 24.8 Å². The van der Waals surface area contributed by atoms with Gasteiger partial charge in [-0.3, -0.25) is 24.8 Å². The largest absolute Gasteiger partial charge is 0.466 e. The summed E-state index contributed by atoms with van der Waals surface area (Å²) in [6, 6.07) is 11.1. The second kappa shape index (κ2) is 11.3. The number of ether oxygens (including phenoxy) is 1. The topological polar surface area (TPSA) is 147 Å². The molecule has 1 aromatic heterocycles. The fourth-order valence-corrected chi connectivity index (χ4v) is 2.65. The predicted molar refractivity (Wildman–Crippen MR) is 112 cm³/mol. The van der Waals surface area contributed by atoms with Crippen LogP contribution in [0, 0.1) is 5.41 Å². The quantitative estimate of drug-likeness (QED) is 0.267. The normalized spacial score (nSPS) is 11.2. The maximum atomic E-state index is 12.3. The highest BCUT2D eigenvalue weighted by atomic mass is 16.5. The van der Waals surface area contributed by atoms with Gasteiger partial charge in [0.1, 0.15) is 5.84 Å². The number of carbonyl (C=O) groups excluding carboxylic acids is 3. The van der Waals surface area contributed by atoms with Crippen LogP contribution >= 0.6 is 0 Å². The molecule has 2 amide bonds. The van der Waals surface area contributed by atoms with Crippen molar-refractivity contribution in [2.75, 3.05) is 11.9 Å². The van der Waals surface area contributed by atoms with Gasteiger partial charge in [-0.05, 0) is 43.3 Å². The fourth-order valence-electron chi connectivity index (χ4n) is 2.65. The highest BCUT2D eigenvalue weighted by molar-refractivity contribution is 5.96. The molecule has 2 aromatic rings. The lowest BCUT2D eigenvalue weighted by Crippen LogP contribution is -2.31. The van der Waals surface area contributed by atoms with Crippen LogP contribution in [0.2, 0.25) is 0 Å². The predicted octanol–water partition coefficient (Wildman–Crippen LogP) is 1.90. The summed E-state index contributed by atoms with van der Waals surface area (Å²) in [7, 11) is 0. The molecule has 0 aliphatic heterocycles. The average molecular weight is 411 g/mol. The van der Waals surface area contributed by atoms with E-state index in [1.54, 1.807) is 55.6 Å². The smallest absolute Gasteiger partial charge is 0.308 e. The van der Waals surface area contributed by atoms with Crippen molar-refractivity contribution in [3.63, 3.8) is 0 Å². The van der Waals surface area contributed by atoms with E-state index in [-0.39, 0.29) is 43.5 Å². The van der Waals surface area contributed by atoms with Gasteiger partial charge in [0.25, 0.3) is 0 Å². The Kier molecular flexibility index (Phi) is 8.49. The maximum absolute atomic E-state index is 12.3. The summed E-state index contributed by atoms with van der Waals surface area (Å²) in [6.07, 6.45) is 1.44. The SMILES string of the molecule is CCOC(=O)CC(NC(=O)CCC(=O)Nc1ccc(C(=N)N)cc1)c1ccccn1. The molecule has 0 bridgehead atoms. The van der Waals surface area contributed by atoms with E-state index in [9.17, 15) is 14.4 Å². The van der Waals surface area contributed by atoms with Crippen molar-refractivity contribution in [3.05, 3.63) is 59.9 Å². The third kappa shape index (κ3) is 7.34. The Bertz CT molecular complexity index is 884. The summed E-state index contributed by atoms with van der Waals surface area (Å²) >= 11 is 0. The lowest BCUT2D eigenvalue weighted by molar-refractivity contribution is -0.144. The van der Waals surface area contributed by atoms with Gasteiger partial charge in [-0.2, -0.15) is 0 Å². The number of hydrogen-bond donors (Lipinski definition) is 4. The van der Waals surface area contributed by atoms with Crippen molar-refractivity contribution in [1.82, 2.24) is 10.3 Å². The molecule has 1 heterocycles. The van der Waals surface area contributed by atoms with Gasteiger partial charge in [0, 0.05) is 30.3 Å². The Morgan fingerprint density at radius 3 is 2.40 bits per heavy atom. The summed E-state index contributed by atoms with van der Waals surface area (Å²) in [4.78, 5) is 40.5. The van der Waals surface area contributed by atoms with Crippen LogP contribution in [0.25, 0.3) is 0 Å². The molecule has 0 aliphatic carbocycles. The molecule has 2 rings (SSSR count). The van der Waals surface area contributed by atoms with Crippen molar-refractivity contribution in [2.24, 2.45) is 5.73 Å². The molecular formula is C21H25N5O4. The molecule has 9 nitrogen and oxygen atoms in total. The Labute approximate surface area is 174 Å². The van der Waals surface area contributed by atoms with E-state index < -0.39 is 12.0 Å². The number of nitrogens with two attached hydrogens (primary N) is 1. The van der Waals surface area contributed by atoms with E-state index >= 15 is 0 Å². The van der Waals surface area contributed by atoms with Crippen LogP contribution in [-0.2, 0) is 19.1 Å². The summed E-state index contributed by atoms with van der Waals surface area (Å²) in [5, 5.41) is 12.8. The first-order valence-corrected chi connectivity index (χ1v) is 9.49. The first-order chi connectivity index (χ1) is 14.4. The fraction of sp³-hybridized carbons (Fsp3) is 0.286. The van der Waals surface area contributed by atoms with Crippen LogP contribution < -0.4 is 16.4 Å². The lowest BCUT2D eigenvalue weighted by Gasteiger charge is -2.17. The van der Waals surface area contributed by atoms with Crippen LogP contribution in [0.5, 0.6) is 0 Å². The zero-order valence-electron chi connectivity index (χ0n) is 16.7. The number of nitrogens with one attached hydrogen (secondary N) is 3. The third-order valence-corrected chi connectivity index (χ3v) is 4.11.